The Morgan fingerprint density at radius 1 is 1.33 bits per heavy atom. The predicted molar refractivity (Wildman–Crippen MR) is 57.5 cm³/mol. The Bertz CT molecular complexity index is 187. The van der Waals surface area contributed by atoms with Crippen LogP contribution in [0.25, 0.3) is 0 Å². The summed E-state index contributed by atoms with van der Waals surface area (Å²) in [4.78, 5) is 0. The van der Waals surface area contributed by atoms with E-state index < -0.39 is 5.67 Å². The Labute approximate surface area is 90.8 Å². The molecule has 88 valence electrons. The zero-order valence-corrected chi connectivity index (χ0v) is 9.23. The van der Waals surface area contributed by atoms with Gasteiger partial charge in [0.1, 0.15) is 11.9 Å². The number of rotatable bonds is 3. The second-order valence-electron chi connectivity index (χ2n) is 4.64. The first-order chi connectivity index (χ1) is 7.29. The first-order valence-electron chi connectivity index (χ1n) is 6.03. The second-order valence-corrected chi connectivity index (χ2v) is 4.64. The maximum absolute atomic E-state index is 14.3. The Morgan fingerprint density at radius 3 is 3.07 bits per heavy atom. The molecular weight excluding hydrogens is 195 g/mol. The van der Waals surface area contributed by atoms with Gasteiger partial charge >= 0.3 is 0 Å². The maximum atomic E-state index is 14.3. The summed E-state index contributed by atoms with van der Waals surface area (Å²) >= 11 is 0. The van der Waals surface area contributed by atoms with E-state index in [2.05, 4.69) is 10.6 Å². The van der Waals surface area contributed by atoms with Crippen LogP contribution < -0.4 is 10.6 Å². The van der Waals surface area contributed by atoms with Crippen molar-refractivity contribution in [2.45, 2.75) is 44.0 Å². The number of ether oxygens (including phenoxy) is 1. The quantitative estimate of drug-likeness (QED) is 0.743. The van der Waals surface area contributed by atoms with Crippen LogP contribution in [-0.2, 0) is 4.74 Å². The fraction of sp³-hybridized carbons (Fsp3) is 1.00. The Hall–Kier alpha value is -0.190. The molecule has 2 unspecified atom stereocenters. The molecule has 2 N–H and O–H groups in total. The average molecular weight is 216 g/mol. The molecule has 4 heteroatoms. The molecule has 0 bridgehead atoms. The van der Waals surface area contributed by atoms with Gasteiger partial charge in [-0.1, -0.05) is 0 Å². The van der Waals surface area contributed by atoms with Crippen LogP contribution in [0.15, 0.2) is 0 Å². The van der Waals surface area contributed by atoms with Crippen molar-refractivity contribution in [2.75, 3.05) is 26.2 Å². The standard InChI is InChI=1S/C11H21FN2O/c12-11(4-2-6-13-7-5-11)9-14-10-3-1-8-15-10/h10,13-14H,1-9H2. The minimum absolute atomic E-state index is 0.0915. The number of halogens is 1. The zero-order chi connectivity index (χ0) is 10.6. The van der Waals surface area contributed by atoms with Crippen molar-refractivity contribution in [3.8, 4) is 0 Å². The van der Waals surface area contributed by atoms with Crippen LogP contribution in [0.2, 0.25) is 0 Å². The van der Waals surface area contributed by atoms with Gasteiger partial charge in [0.25, 0.3) is 0 Å². The molecule has 2 fully saturated rings. The Balaban J connectivity index is 1.75. The molecule has 0 aromatic heterocycles. The molecular formula is C11H21FN2O. The molecule has 0 radical (unpaired) electrons. The third-order valence-electron chi connectivity index (χ3n) is 3.30. The molecule has 3 nitrogen and oxygen atoms in total. The van der Waals surface area contributed by atoms with Gasteiger partial charge in [0.2, 0.25) is 0 Å². The summed E-state index contributed by atoms with van der Waals surface area (Å²) in [6.45, 7) is 3.01. The maximum Gasteiger partial charge on any atom is 0.124 e. The molecule has 2 rings (SSSR count). The molecule has 0 aromatic rings. The highest BCUT2D eigenvalue weighted by Crippen LogP contribution is 2.24. The molecule has 15 heavy (non-hydrogen) atoms. The summed E-state index contributed by atoms with van der Waals surface area (Å²) in [6.07, 6.45) is 4.43. The highest BCUT2D eigenvalue weighted by Gasteiger charge is 2.31. The third-order valence-corrected chi connectivity index (χ3v) is 3.30. The predicted octanol–water partition coefficient (Wildman–Crippen LogP) is 1.19. The van der Waals surface area contributed by atoms with Gasteiger partial charge in [0.05, 0.1) is 0 Å². The molecule has 0 aromatic carbocycles. The lowest BCUT2D eigenvalue weighted by Crippen LogP contribution is -2.42. The molecule has 0 spiro atoms. The summed E-state index contributed by atoms with van der Waals surface area (Å²) in [5.74, 6) is 0. The van der Waals surface area contributed by atoms with Gasteiger partial charge in [0.15, 0.2) is 0 Å². The summed E-state index contributed by atoms with van der Waals surface area (Å²) in [6, 6.07) is 0. The first-order valence-corrected chi connectivity index (χ1v) is 6.03. The monoisotopic (exact) mass is 216 g/mol. The van der Waals surface area contributed by atoms with Gasteiger partial charge in [-0.2, -0.15) is 0 Å². The number of alkyl halides is 1. The first kappa shape index (κ1) is 11.3. The SMILES string of the molecule is FC1(CNC2CCCO2)CCCNCC1. The summed E-state index contributed by atoms with van der Waals surface area (Å²) in [5.41, 5.74) is -1.03. The zero-order valence-electron chi connectivity index (χ0n) is 9.23. The number of hydrogen-bond donors (Lipinski definition) is 2. The smallest absolute Gasteiger partial charge is 0.124 e. The Morgan fingerprint density at radius 2 is 2.27 bits per heavy atom. The van der Waals surface area contributed by atoms with Crippen molar-refractivity contribution in [3.63, 3.8) is 0 Å². The number of hydrogen-bond acceptors (Lipinski definition) is 3. The Kier molecular flexibility index (Phi) is 3.94. The van der Waals surface area contributed by atoms with E-state index in [-0.39, 0.29) is 6.23 Å². The van der Waals surface area contributed by atoms with Crippen molar-refractivity contribution in [1.29, 1.82) is 0 Å². The van der Waals surface area contributed by atoms with E-state index in [0.29, 0.717) is 19.4 Å². The third kappa shape index (κ3) is 3.40. The lowest BCUT2D eigenvalue weighted by molar-refractivity contribution is 0.0562. The molecule has 2 aliphatic rings. The van der Waals surface area contributed by atoms with E-state index in [1.807, 2.05) is 0 Å². The van der Waals surface area contributed by atoms with Gasteiger partial charge in [0, 0.05) is 13.2 Å². The highest BCUT2D eigenvalue weighted by molar-refractivity contribution is 4.85. The summed E-state index contributed by atoms with van der Waals surface area (Å²) in [7, 11) is 0. The van der Waals surface area contributed by atoms with Crippen LogP contribution in [0.3, 0.4) is 0 Å². The van der Waals surface area contributed by atoms with E-state index in [1.54, 1.807) is 0 Å². The molecule has 0 saturated carbocycles. The van der Waals surface area contributed by atoms with Gasteiger partial charge in [-0.15, -0.1) is 0 Å². The molecule has 0 aliphatic carbocycles. The van der Waals surface area contributed by atoms with Crippen molar-refractivity contribution in [2.24, 2.45) is 0 Å². The number of nitrogens with one attached hydrogen (secondary N) is 2. The van der Waals surface area contributed by atoms with E-state index in [1.165, 1.54) is 0 Å². The van der Waals surface area contributed by atoms with Crippen molar-refractivity contribution < 1.29 is 9.13 Å². The lowest BCUT2D eigenvalue weighted by Gasteiger charge is -2.25. The fourth-order valence-electron chi connectivity index (χ4n) is 2.30. The van der Waals surface area contributed by atoms with Crippen LogP contribution in [0.1, 0.15) is 32.1 Å². The average Bonchev–Trinajstić information content (AvgIpc) is 2.65. The largest absolute Gasteiger partial charge is 0.363 e. The minimum atomic E-state index is -1.03. The minimum Gasteiger partial charge on any atom is -0.363 e. The normalized spacial score (nSPS) is 37.8. The van der Waals surface area contributed by atoms with Gasteiger partial charge in [-0.05, 0) is 45.2 Å². The molecule has 2 heterocycles. The van der Waals surface area contributed by atoms with E-state index >= 15 is 0 Å². The fourth-order valence-corrected chi connectivity index (χ4v) is 2.30. The van der Waals surface area contributed by atoms with Crippen LogP contribution in [-0.4, -0.2) is 38.1 Å². The van der Waals surface area contributed by atoms with Crippen molar-refractivity contribution in [1.82, 2.24) is 10.6 Å². The summed E-state index contributed by atoms with van der Waals surface area (Å²) < 4.78 is 19.8. The molecule has 0 amide bonds. The van der Waals surface area contributed by atoms with Gasteiger partial charge < -0.3 is 10.1 Å². The van der Waals surface area contributed by atoms with Crippen LogP contribution >= 0.6 is 0 Å². The van der Waals surface area contributed by atoms with E-state index in [9.17, 15) is 4.39 Å². The highest BCUT2D eigenvalue weighted by atomic mass is 19.1. The van der Waals surface area contributed by atoms with Gasteiger partial charge in [-0.25, -0.2) is 4.39 Å². The molecule has 2 aliphatic heterocycles. The van der Waals surface area contributed by atoms with E-state index in [4.69, 9.17) is 4.74 Å². The van der Waals surface area contributed by atoms with Gasteiger partial charge in [-0.3, -0.25) is 5.32 Å². The van der Waals surface area contributed by atoms with E-state index in [0.717, 1.165) is 39.0 Å². The summed E-state index contributed by atoms with van der Waals surface area (Å²) in [5, 5.41) is 6.43. The van der Waals surface area contributed by atoms with Crippen LogP contribution in [0.5, 0.6) is 0 Å². The molecule has 2 saturated heterocycles. The van der Waals surface area contributed by atoms with Crippen LogP contribution in [0, 0.1) is 0 Å². The lowest BCUT2D eigenvalue weighted by atomic mass is 9.97. The molecule has 2 atom stereocenters. The van der Waals surface area contributed by atoms with Crippen molar-refractivity contribution in [3.05, 3.63) is 0 Å². The van der Waals surface area contributed by atoms with Crippen molar-refractivity contribution >= 4 is 0 Å². The second kappa shape index (κ2) is 5.23. The topological polar surface area (TPSA) is 33.3 Å². The van der Waals surface area contributed by atoms with Crippen LogP contribution in [0.4, 0.5) is 4.39 Å².